The van der Waals surface area contributed by atoms with Gasteiger partial charge < -0.3 is 4.90 Å². The van der Waals surface area contributed by atoms with Crippen LogP contribution in [0.25, 0.3) is 0 Å². The molecule has 1 nitrogen and oxygen atoms in total. The van der Waals surface area contributed by atoms with E-state index < -0.39 is 0 Å². The number of hydrogen-bond donors (Lipinski definition) is 0. The van der Waals surface area contributed by atoms with Gasteiger partial charge in [-0.1, -0.05) is 155 Å². The van der Waals surface area contributed by atoms with Crippen LogP contribution >= 0.6 is 15.8 Å². The first-order chi connectivity index (χ1) is 21.3. The van der Waals surface area contributed by atoms with Crippen LogP contribution in [0.5, 0.6) is 0 Å². The maximum absolute atomic E-state index is 2.84. The Hall–Kier alpha value is -3.24. The fraction of sp³-hybridized carbons (Fsp3) is 0.250. The third-order valence-electron chi connectivity index (χ3n) is 9.56. The summed E-state index contributed by atoms with van der Waals surface area (Å²) in [5.74, 6) is 0. The van der Waals surface area contributed by atoms with Crippen LogP contribution in [-0.2, 0) is 0 Å². The third-order valence-corrected chi connectivity index (χ3v) is 16.3. The Labute approximate surface area is 260 Å². The Morgan fingerprint density at radius 3 is 0.907 bits per heavy atom. The summed E-state index contributed by atoms with van der Waals surface area (Å²) >= 11 is 0. The maximum atomic E-state index is 2.84. The third kappa shape index (κ3) is 6.36. The van der Waals surface area contributed by atoms with E-state index >= 15 is 0 Å². The summed E-state index contributed by atoms with van der Waals surface area (Å²) in [6.07, 6.45) is 7.44. The standard InChI is InChI=1S/C40H41NP2/c1-6-16-32(17-7-1)37-26-27-38(33-18-8-2-9-19-33)42(37)30-41(36-24-14-5-15-25-36)31-43-39(34-20-10-3-11-21-34)28-29-40(43)35-22-12-4-13-23-35/h1-25,37-40H,26-31H2/t37-,38-,39-,40-/m0/s1. The Morgan fingerprint density at radius 2 is 0.628 bits per heavy atom. The monoisotopic (exact) mass is 597 g/mol. The minimum absolute atomic E-state index is 0.308. The molecule has 3 heteroatoms. The lowest BCUT2D eigenvalue weighted by molar-refractivity contribution is 0.765. The Morgan fingerprint density at radius 1 is 0.372 bits per heavy atom. The predicted molar refractivity (Wildman–Crippen MR) is 188 cm³/mol. The smallest absolute Gasteiger partial charge is 0.0391 e. The van der Waals surface area contributed by atoms with Gasteiger partial charge in [0.1, 0.15) is 0 Å². The van der Waals surface area contributed by atoms with Gasteiger partial charge in [-0.3, -0.25) is 0 Å². The highest BCUT2D eigenvalue weighted by molar-refractivity contribution is 7.60. The van der Waals surface area contributed by atoms with Crippen molar-refractivity contribution < 1.29 is 0 Å². The summed E-state index contributed by atoms with van der Waals surface area (Å²) in [7, 11) is -0.617. The molecule has 0 aromatic heterocycles. The molecule has 0 aliphatic carbocycles. The van der Waals surface area contributed by atoms with Crippen molar-refractivity contribution in [2.24, 2.45) is 0 Å². The van der Waals surface area contributed by atoms with Crippen LogP contribution in [0.3, 0.4) is 0 Å². The maximum Gasteiger partial charge on any atom is 0.0391 e. The van der Waals surface area contributed by atoms with Gasteiger partial charge in [0.15, 0.2) is 0 Å². The van der Waals surface area contributed by atoms with E-state index in [0.717, 1.165) is 12.6 Å². The number of hydrogen-bond acceptors (Lipinski definition) is 1. The fourth-order valence-corrected chi connectivity index (χ4v) is 14.8. The zero-order chi connectivity index (χ0) is 28.8. The van der Waals surface area contributed by atoms with Crippen molar-refractivity contribution in [3.05, 3.63) is 174 Å². The van der Waals surface area contributed by atoms with Crippen molar-refractivity contribution in [1.82, 2.24) is 0 Å². The molecule has 0 unspecified atom stereocenters. The summed E-state index contributed by atoms with van der Waals surface area (Å²) in [4.78, 5) is 2.84. The normalized spacial score (nSPS) is 22.5. The van der Waals surface area contributed by atoms with E-state index in [2.05, 4.69) is 157 Å². The molecule has 7 rings (SSSR count). The van der Waals surface area contributed by atoms with Gasteiger partial charge in [0.2, 0.25) is 0 Å². The van der Waals surface area contributed by atoms with Crippen LogP contribution in [0, 0.1) is 0 Å². The molecule has 5 aromatic carbocycles. The number of nitrogens with zero attached hydrogens (tertiary/aromatic N) is 1. The lowest BCUT2D eigenvalue weighted by Crippen LogP contribution is -2.26. The quantitative estimate of drug-likeness (QED) is 0.153. The van der Waals surface area contributed by atoms with Gasteiger partial charge >= 0.3 is 0 Å². The van der Waals surface area contributed by atoms with E-state index in [0.29, 0.717) is 22.6 Å². The Kier molecular flexibility index (Phi) is 9.02. The molecule has 2 heterocycles. The van der Waals surface area contributed by atoms with E-state index in [-0.39, 0.29) is 15.8 Å². The van der Waals surface area contributed by atoms with Crippen LogP contribution in [0.2, 0.25) is 0 Å². The minimum atomic E-state index is -0.308. The first-order valence-electron chi connectivity index (χ1n) is 15.9. The fourth-order valence-electron chi connectivity index (χ4n) is 7.50. The molecule has 0 N–H and O–H groups in total. The van der Waals surface area contributed by atoms with Gasteiger partial charge in [-0.15, -0.1) is 0 Å². The Balaban J connectivity index is 1.27. The number of rotatable bonds is 9. The van der Waals surface area contributed by atoms with Crippen molar-refractivity contribution in [2.45, 2.75) is 48.3 Å². The summed E-state index contributed by atoms with van der Waals surface area (Å²) in [5.41, 5.74) is 10.1. The second-order valence-electron chi connectivity index (χ2n) is 12.0. The van der Waals surface area contributed by atoms with Gasteiger partial charge in [-0.2, -0.15) is 0 Å². The molecule has 0 amide bonds. The van der Waals surface area contributed by atoms with Crippen LogP contribution < -0.4 is 4.90 Å². The summed E-state index contributed by atoms with van der Waals surface area (Å²) < 4.78 is 0. The van der Waals surface area contributed by atoms with Gasteiger partial charge in [-0.05, 0) is 60.1 Å². The van der Waals surface area contributed by atoms with E-state index in [4.69, 9.17) is 0 Å². The van der Waals surface area contributed by atoms with Crippen LogP contribution in [-0.4, -0.2) is 12.6 Å². The summed E-state index contributed by atoms with van der Waals surface area (Å²) in [5, 5.41) is 0. The number of anilines is 1. The van der Waals surface area contributed by atoms with E-state index in [1.54, 1.807) is 0 Å². The van der Waals surface area contributed by atoms with Gasteiger partial charge in [0.25, 0.3) is 0 Å². The minimum Gasteiger partial charge on any atom is -0.363 e. The van der Waals surface area contributed by atoms with Crippen LogP contribution in [0.15, 0.2) is 152 Å². The molecular formula is C40H41NP2. The van der Waals surface area contributed by atoms with Gasteiger partial charge in [0.05, 0.1) is 0 Å². The second-order valence-corrected chi connectivity index (χ2v) is 17.2. The SMILES string of the molecule is c1ccc([C@@H]2CC[C@@H](c3ccccc3)P2CN(CP2[C@H](c3ccccc3)CC[C@H]2c2ccccc2)c2ccccc2)cc1. The molecule has 4 atom stereocenters. The Bertz CT molecular complexity index is 1350. The molecule has 2 fully saturated rings. The first kappa shape index (κ1) is 28.5. The van der Waals surface area contributed by atoms with Gasteiger partial charge in [0, 0.05) is 40.9 Å². The molecule has 0 radical (unpaired) electrons. The molecule has 216 valence electrons. The molecular weight excluding hydrogens is 556 g/mol. The van der Waals surface area contributed by atoms with Crippen molar-refractivity contribution in [1.29, 1.82) is 0 Å². The topological polar surface area (TPSA) is 3.24 Å². The van der Waals surface area contributed by atoms with E-state index in [1.165, 1.54) is 53.6 Å². The second kappa shape index (κ2) is 13.6. The highest BCUT2D eigenvalue weighted by Gasteiger charge is 2.41. The molecule has 43 heavy (non-hydrogen) atoms. The van der Waals surface area contributed by atoms with Crippen LogP contribution in [0.4, 0.5) is 5.69 Å². The molecule has 5 aromatic rings. The van der Waals surface area contributed by atoms with E-state index in [1.807, 2.05) is 0 Å². The number of benzene rings is 5. The average molecular weight is 598 g/mol. The molecule has 0 saturated carbocycles. The highest BCUT2D eigenvalue weighted by Crippen LogP contribution is 2.73. The molecule has 0 spiro atoms. The van der Waals surface area contributed by atoms with Crippen molar-refractivity contribution in [3.8, 4) is 0 Å². The van der Waals surface area contributed by atoms with Crippen molar-refractivity contribution >= 4 is 21.5 Å². The molecule has 2 aliphatic rings. The molecule has 2 aliphatic heterocycles. The largest absolute Gasteiger partial charge is 0.363 e. The highest BCUT2D eigenvalue weighted by atomic mass is 31.1. The van der Waals surface area contributed by atoms with Gasteiger partial charge in [-0.25, -0.2) is 0 Å². The lowest BCUT2D eigenvalue weighted by Gasteiger charge is -2.38. The summed E-state index contributed by atoms with van der Waals surface area (Å²) in [6.45, 7) is 0. The lowest BCUT2D eigenvalue weighted by atomic mass is 10.0. The zero-order valence-corrected chi connectivity index (χ0v) is 26.6. The van der Waals surface area contributed by atoms with Crippen molar-refractivity contribution in [2.75, 3.05) is 17.5 Å². The average Bonchev–Trinajstić information content (AvgIpc) is 3.71. The molecule has 2 saturated heterocycles. The molecule has 0 bridgehead atoms. The van der Waals surface area contributed by atoms with Crippen LogP contribution in [0.1, 0.15) is 70.6 Å². The first-order valence-corrected chi connectivity index (χ1v) is 19.2. The predicted octanol–water partition coefficient (Wildman–Crippen LogP) is 11.9. The van der Waals surface area contributed by atoms with Crippen molar-refractivity contribution in [3.63, 3.8) is 0 Å². The number of para-hydroxylation sites is 1. The zero-order valence-electron chi connectivity index (χ0n) is 24.8. The van der Waals surface area contributed by atoms with E-state index in [9.17, 15) is 0 Å². The summed E-state index contributed by atoms with van der Waals surface area (Å²) in [6, 6.07) is 57.1.